The van der Waals surface area contributed by atoms with Gasteiger partial charge in [-0.05, 0) is 16.5 Å². The minimum atomic E-state index is -0.836. The van der Waals surface area contributed by atoms with E-state index in [0.29, 0.717) is 12.8 Å². The van der Waals surface area contributed by atoms with Gasteiger partial charge in [-0.3, -0.25) is 4.98 Å². The van der Waals surface area contributed by atoms with E-state index in [-0.39, 0.29) is 0 Å². The Morgan fingerprint density at radius 1 is 0.850 bits per heavy atom. The Morgan fingerprint density at radius 3 is 2.25 bits per heavy atom. The largest absolute Gasteiger partial charge is 0.384 e. The number of pyridine rings is 1. The van der Waals surface area contributed by atoms with E-state index in [1.54, 1.807) is 0 Å². The van der Waals surface area contributed by atoms with Crippen molar-refractivity contribution in [2.24, 2.45) is 0 Å². The molecule has 1 aliphatic rings. The molecule has 1 aliphatic carbocycles. The summed E-state index contributed by atoms with van der Waals surface area (Å²) >= 11 is 0. The predicted molar refractivity (Wildman–Crippen MR) is 79.5 cm³/mol. The van der Waals surface area contributed by atoms with Gasteiger partial charge < -0.3 is 5.11 Å². The highest BCUT2D eigenvalue weighted by molar-refractivity contribution is 5.85. The number of benzene rings is 2. The summed E-state index contributed by atoms with van der Waals surface area (Å²) in [6.45, 7) is 0. The molecule has 98 valence electrons. The van der Waals surface area contributed by atoms with Crippen molar-refractivity contribution < 1.29 is 5.11 Å². The predicted octanol–water partition coefficient (Wildman–Crippen LogP) is 3.22. The van der Waals surface area contributed by atoms with E-state index in [1.165, 1.54) is 11.1 Å². The lowest BCUT2D eigenvalue weighted by Crippen LogP contribution is -2.26. The molecule has 3 aromatic rings. The van der Waals surface area contributed by atoms with Crippen LogP contribution in [0.2, 0.25) is 0 Å². The molecule has 0 unspecified atom stereocenters. The van der Waals surface area contributed by atoms with Gasteiger partial charge in [0.25, 0.3) is 0 Å². The maximum absolute atomic E-state index is 11.1. The van der Waals surface area contributed by atoms with Crippen LogP contribution < -0.4 is 0 Å². The summed E-state index contributed by atoms with van der Waals surface area (Å²) in [5.41, 5.74) is 2.58. The van der Waals surface area contributed by atoms with Crippen molar-refractivity contribution in [2.45, 2.75) is 18.4 Å². The Kier molecular flexibility index (Phi) is 2.41. The summed E-state index contributed by atoms with van der Waals surface area (Å²) in [6, 6.07) is 16.4. The summed E-state index contributed by atoms with van der Waals surface area (Å²) in [5.74, 6) is 0. The molecule has 2 aromatic carbocycles. The third-order valence-electron chi connectivity index (χ3n) is 4.25. The average Bonchev–Trinajstić information content (AvgIpc) is 2.84. The molecule has 0 aliphatic heterocycles. The maximum Gasteiger partial charge on any atom is 0.0997 e. The van der Waals surface area contributed by atoms with E-state index in [4.69, 9.17) is 0 Å². The molecule has 0 fully saturated rings. The van der Waals surface area contributed by atoms with Crippen LogP contribution in [-0.2, 0) is 18.4 Å². The van der Waals surface area contributed by atoms with E-state index in [1.807, 2.05) is 42.7 Å². The molecular formula is C18H15NO. The molecular weight excluding hydrogens is 246 g/mol. The molecule has 0 spiro atoms. The van der Waals surface area contributed by atoms with Crippen molar-refractivity contribution in [3.8, 4) is 0 Å². The van der Waals surface area contributed by atoms with Gasteiger partial charge in [0.05, 0.1) is 5.60 Å². The second-order valence-electron chi connectivity index (χ2n) is 5.56. The van der Waals surface area contributed by atoms with E-state index in [0.717, 1.165) is 16.3 Å². The smallest absolute Gasteiger partial charge is 0.0997 e. The van der Waals surface area contributed by atoms with Crippen molar-refractivity contribution in [3.05, 3.63) is 77.6 Å². The molecule has 0 amide bonds. The van der Waals surface area contributed by atoms with Gasteiger partial charge >= 0.3 is 0 Å². The first kappa shape index (κ1) is 11.6. The first-order valence-corrected chi connectivity index (χ1v) is 6.89. The van der Waals surface area contributed by atoms with Crippen molar-refractivity contribution in [1.82, 2.24) is 4.98 Å². The van der Waals surface area contributed by atoms with Crippen molar-refractivity contribution in [1.29, 1.82) is 0 Å². The summed E-state index contributed by atoms with van der Waals surface area (Å²) < 4.78 is 0. The first-order chi connectivity index (χ1) is 9.76. The van der Waals surface area contributed by atoms with Crippen LogP contribution in [0.15, 0.2) is 60.9 Å². The number of hydrogen-bond acceptors (Lipinski definition) is 2. The molecule has 1 heterocycles. The van der Waals surface area contributed by atoms with Crippen LogP contribution in [0.1, 0.15) is 16.7 Å². The van der Waals surface area contributed by atoms with Crippen LogP contribution in [0, 0.1) is 0 Å². The van der Waals surface area contributed by atoms with Crippen LogP contribution in [-0.4, -0.2) is 10.1 Å². The lowest BCUT2D eigenvalue weighted by molar-refractivity contribution is 0.0494. The van der Waals surface area contributed by atoms with Gasteiger partial charge in [0.1, 0.15) is 0 Å². The zero-order chi connectivity index (χ0) is 13.6. The summed E-state index contributed by atoms with van der Waals surface area (Å²) in [6.07, 6.45) is 5.00. The van der Waals surface area contributed by atoms with E-state index in [9.17, 15) is 5.11 Å². The maximum atomic E-state index is 11.1. The number of aliphatic hydroxyl groups is 1. The Bertz CT molecular complexity index is 764. The van der Waals surface area contributed by atoms with Crippen molar-refractivity contribution in [2.75, 3.05) is 0 Å². The van der Waals surface area contributed by atoms with Crippen LogP contribution in [0.25, 0.3) is 10.8 Å². The lowest BCUT2D eigenvalue weighted by atomic mass is 9.88. The zero-order valence-corrected chi connectivity index (χ0v) is 11.1. The summed E-state index contributed by atoms with van der Waals surface area (Å²) in [4.78, 5) is 4.31. The Labute approximate surface area is 117 Å². The van der Waals surface area contributed by atoms with Gasteiger partial charge in [0.15, 0.2) is 0 Å². The minimum absolute atomic E-state index is 0.666. The lowest BCUT2D eigenvalue weighted by Gasteiger charge is -2.24. The standard InChI is InChI=1S/C18H15NO/c20-18(9-13-5-1-2-6-14(13)10-18)17-12-19-11-15-7-3-4-8-16(15)17/h1-8,11-12,20H,9-10H2. The number of aromatic nitrogens is 1. The molecule has 0 saturated heterocycles. The zero-order valence-electron chi connectivity index (χ0n) is 11.1. The molecule has 4 rings (SSSR count). The van der Waals surface area contributed by atoms with Gasteiger partial charge in [-0.15, -0.1) is 0 Å². The van der Waals surface area contributed by atoms with Crippen LogP contribution in [0.3, 0.4) is 0 Å². The third kappa shape index (κ3) is 1.65. The Morgan fingerprint density at radius 2 is 1.50 bits per heavy atom. The number of nitrogens with zero attached hydrogens (tertiary/aromatic N) is 1. The molecule has 0 atom stereocenters. The summed E-state index contributed by atoms with van der Waals surface area (Å²) in [5, 5.41) is 13.3. The van der Waals surface area contributed by atoms with Crippen LogP contribution in [0.5, 0.6) is 0 Å². The normalized spacial score (nSPS) is 16.2. The fourth-order valence-electron chi connectivity index (χ4n) is 3.27. The highest BCUT2D eigenvalue weighted by atomic mass is 16.3. The van der Waals surface area contributed by atoms with Gasteiger partial charge in [-0.25, -0.2) is 0 Å². The number of rotatable bonds is 1. The minimum Gasteiger partial charge on any atom is -0.384 e. The fourth-order valence-corrected chi connectivity index (χ4v) is 3.27. The monoisotopic (exact) mass is 261 g/mol. The molecule has 0 saturated carbocycles. The first-order valence-electron chi connectivity index (χ1n) is 6.89. The molecule has 0 radical (unpaired) electrons. The van der Waals surface area contributed by atoms with Gasteiger partial charge in [0, 0.05) is 36.2 Å². The molecule has 2 heteroatoms. The van der Waals surface area contributed by atoms with E-state index >= 15 is 0 Å². The van der Waals surface area contributed by atoms with Gasteiger partial charge in [0.2, 0.25) is 0 Å². The highest BCUT2D eigenvalue weighted by Gasteiger charge is 2.37. The van der Waals surface area contributed by atoms with Crippen LogP contribution >= 0.6 is 0 Å². The van der Waals surface area contributed by atoms with Crippen molar-refractivity contribution >= 4 is 10.8 Å². The fraction of sp³-hybridized carbons (Fsp3) is 0.167. The molecule has 0 bridgehead atoms. The molecule has 2 nitrogen and oxygen atoms in total. The second-order valence-corrected chi connectivity index (χ2v) is 5.56. The van der Waals surface area contributed by atoms with Crippen LogP contribution in [0.4, 0.5) is 0 Å². The third-order valence-corrected chi connectivity index (χ3v) is 4.25. The van der Waals surface area contributed by atoms with Crippen molar-refractivity contribution in [3.63, 3.8) is 0 Å². The number of fused-ring (bicyclic) bond motifs is 2. The average molecular weight is 261 g/mol. The summed E-state index contributed by atoms with van der Waals surface area (Å²) in [7, 11) is 0. The highest BCUT2D eigenvalue weighted by Crippen LogP contribution is 2.39. The molecule has 1 N–H and O–H groups in total. The quantitative estimate of drug-likeness (QED) is 0.729. The Hall–Kier alpha value is -2.19. The van der Waals surface area contributed by atoms with Gasteiger partial charge in [-0.1, -0.05) is 48.5 Å². The Balaban J connectivity index is 1.89. The van der Waals surface area contributed by atoms with E-state index in [2.05, 4.69) is 23.2 Å². The van der Waals surface area contributed by atoms with Gasteiger partial charge in [-0.2, -0.15) is 0 Å². The second kappa shape index (κ2) is 4.15. The topological polar surface area (TPSA) is 33.1 Å². The molecule has 20 heavy (non-hydrogen) atoms. The molecule has 1 aromatic heterocycles. The SMILES string of the molecule is OC1(c2cncc3ccccc23)Cc2ccccc2C1. The van der Waals surface area contributed by atoms with E-state index < -0.39 is 5.60 Å². The number of hydrogen-bond donors (Lipinski definition) is 1.